The summed E-state index contributed by atoms with van der Waals surface area (Å²) >= 11 is 5.99. The van der Waals surface area contributed by atoms with Crippen LogP contribution in [-0.4, -0.2) is 23.5 Å². The molecule has 1 aromatic rings. The van der Waals surface area contributed by atoms with Crippen LogP contribution in [0.2, 0.25) is 5.02 Å². The lowest BCUT2D eigenvalue weighted by Crippen LogP contribution is -2.43. The molecule has 1 heterocycles. The second kappa shape index (κ2) is 4.52. The first-order valence-electron chi connectivity index (χ1n) is 6.11. The smallest absolute Gasteiger partial charge is 0.283 e. The van der Waals surface area contributed by atoms with E-state index in [2.05, 4.69) is 4.99 Å². The maximum atomic E-state index is 13.8. The number of hydrogen-bond acceptors (Lipinski definition) is 5. The molecule has 0 radical (unpaired) electrons. The molecule has 0 unspecified atom stereocenters. The zero-order chi connectivity index (χ0) is 15.4. The second-order valence-corrected chi connectivity index (χ2v) is 5.40. The van der Waals surface area contributed by atoms with Gasteiger partial charge in [0.15, 0.2) is 5.54 Å². The lowest BCUT2D eigenvalue weighted by atomic mass is 9.85. The van der Waals surface area contributed by atoms with Crippen LogP contribution < -0.4 is 5.73 Å². The fourth-order valence-corrected chi connectivity index (χ4v) is 3.00. The fourth-order valence-electron chi connectivity index (χ4n) is 2.73. The van der Waals surface area contributed by atoms with Crippen molar-refractivity contribution in [2.45, 2.75) is 24.5 Å². The number of amidine groups is 1. The summed E-state index contributed by atoms with van der Waals surface area (Å²) in [7, 11) is 0. The number of nitrogens with two attached hydrogens (primary N) is 1. The Bertz CT molecular complexity index is 655. The summed E-state index contributed by atoms with van der Waals surface area (Å²) in [5.74, 6) is -0.593. The maximum absolute atomic E-state index is 13.8. The van der Waals surface area contributed by atoms with E-state index in [-0.39, 0.29) is 22.3 Å². The number of rotatable bonds is 3. The van der Waals surface area contributed by atoms with E-state index in [1.165, 1.54) is 6.07 Å². The van der Waals surface area contributed by atoms with Gasteiger partial charge in [-0.25, -0.2) is 13.8 Å². The summed E-state index contributed by atoms with van der Waals surface area (Å²) in [4.78, 5) is 14.0. The molecule has 1 aliphatic carbocycles. The number of alkyl halides is 2. The van der Waals surface area contributed by atoms with Crippen LogP contribution in [0.3, 0.4) is 0 Å². The Hall–Kier alpha value is -1.96. The molecule has 3 rings (SSSR count). The van der Waals surface area contributed by atoms with Crippen LogP contribution in [0, 0.1) is 16.0 Å². The summed E-state index contributed by atoms with van der Waals surface area (Å²) in [6.07, 6.45) is -3.01. The quantitative estimate of drug-likeness (QED) is 0.684. The van der Waals surface area contributed by atoms with E-state index in [0.29, 0.717) is 6.42 Å². The topological polar surface area (TPSA) is 90.8 Å². The Morgan fingerprint density at radius 1 is 1.57 bits per heavy atom. The third-order valence-corrected chi connectivity index (χ3v) is 4.12. The van der Waals surface area contributed by atoms with E-state index in [1.807, 2.05) is 0 Å². The average molecular weight is 318 g/mol. The molecule has 1 aromatic carbocycles. The monoisotopic (exact) mass is 317 g/mol. The largest absolute Gasteiger partial charge is 0.462 e. The zero-order valence-corrected chi connectivity index (χ0v) is 11.3. The highest BCUT2D eigenvalue weighted by atomic mass is 35.5. The molecule has 0 bridgehead atoms. The molecule has 1 saturated carbocycles. The van der Waals surface area contributed by atoms with Gasteiger partial charge in [-0.1, -0.05) is 11.6 Å². The molecular weight excluding hydrogens is 308 g/mol. The van der Waals surface area contributed by atoms with Crippen LogP contribution in [-0.2, 0) is 10.3 Å². The third kappa shape index (κ3) is 2.01. The molecule has 21 heavy (non-hydrogen) atoms. The van der Waals surface area contributed by atoms with E-state index in [1.54, 1.807) is 0 Å². The first-order chi connectivity index (χ1) is 9.86. The van der Waals surface area contributed by atoms with Gasteiger partial charge in [-0.05, 0) is 12.5 Å². The van der Waals surface area contributed by atoms with E-state index >= 15 is 0 Å². The number of ether oxygens (including phenoxy) is 1. The van der Waals surface area contributed by atoms with Crippen LogP contribution in [0.15, 0.2) is 23.2 Å². The van der Waals surface area contributed by atoms with Gasteiger partial charge < -0.3 is 10.5 Å². The zero-order valence-electron chi connectivity index (χ0n) is 10.5. The molecule has 9 heteroatoms. The predicted octanol–water partition coefficient (Wildman–Crippen LogP) is 2.44. The first kappa shape index (κ1) is 14.0. The fraction of sp³-hybridized carbons (Fsp3) is 0.417. The lowest BCUT2D eigenvalue weighted by Gasteiger charge is -2.33. The first-order valence-corrected chi connectivity index (χ1v) is 6.48. The van der Waals surface area contributed by atoms with Gasteiger partial charge in [0.1, 0.15) is 6.10 Å². The summed E-state index contributed by atoms with van der Waals surface area (Å²) < 4.78 is 32.7. The van der Waals surface area contributed by atoms with Crippen LogP contribution in [0.4, 0.5) is 14.5 Å². The van der Waals surface area contributed by atoms with E-state index in [4.69, 9.17) is 22.1 Å². The third-order valence-electron chi connectivity index (χ3n) is 3.79. The highest BCUT2D eigenvalue weighted by molar-refractivity contribution is 6.31. The summed E-state index contributed by atoms with van der Waals surface area (Å²) in [5.41, 5.74) is 3.06. The van der Waals surface area contributed by atoms with Crippen molar-refractivity contribution in [1.82, 2.24) is 0 Å². The number of nitro groups is 1. The van der Waals surface area contributed by atoms with Crippen LogP contribution in [0.1, 0.15) is 12.0 Å². The summed E-state index contributed by atoms with van der Waals surface area (Å²) in [6.45, 7) is 0. The molecule has 2 N–H and O–H groups in total. The Kier molecular flexibility index (Phi) is 3.01. The molecule has 1 aliphatic heterocycles. The number of aliphatic imine (C=N–C) groups is 1. The van der Waals surface area contributed by atoms with Crippen LogP contribution >= 0.6 is 11.6 Å². The number of hydrogen-bond donors (Lipinski definition) is 1. The summed E-state index contributed by atoms with van der Waals surface area (Å²) in [5, 5.41) is 10.9. The summed E-state index contributed by atoms with van der Waals surface area (Å²) in [6, 6.07) is 3.06. The minimum absolute atomic E-state index is 0.00926. The Morgan fingerprint density at radius 2 is 2.29 bits per heavy atom. The molecular formula is C12H10ClF2N3O3. The van der Waals surface area contributed by atoms with Gasteiger partial charge in [0.05, 0.1) is 4.92 Å². The van der Waals surface area contributed by atoms with Crippen LogP contribution in [0.25, 0.3) is 0 Å². The minimum atomic E-state index is -2.91. The van der Waals surface area contributed by atoms with Crippen molar-refractivity contribution >= 4 is 23.3 Å². The number of benzene rings is 1. The van der Waals surface area contributed by atoms with Crippen LogP contribution in [0.5, 0.6) is 0 Å². The highest BCUT2D eigenvalue weighted by Crippen LogP contribution is 2.57. The number of halogens is 3. The lowest BCUT2D eigenvalue weighted by molar-refractivity contribution is -0.385. The molecule has 3 atom stereocenters. The standard InChI is InChI=1S/C12H10ClF2N3O3/c13-8-2-1-5(18(19)20)3-6(8)12(10(14)15)7-4-9(7)21-11(16)17-12/h1-3,7,9-10H,4H2,(H2,16,17)/t7-,9+,12+/m0/s1. The van der Waals surface area contributed by atoms with Gasteiger partial charge in [-0.2, -0.15) is 0 Å². The van der Waals surface area contributed by atoms with Gasteiger partial charge in [0.25, 0.3) is 18.1 Å². The van der Waals surface area contributed by atoms with E-state index in [9.17, 15) is 18.9 Å². The average Bonchev–Trinajstić information content (AvgIpc) is 3.16. The Balaban J connectivity index is 2.21. The van der Waals surface area contributed by atoms with Gasteiger partial charge in [0, 0.05) is 28.6 Å². The highest BCUT2D eigenvalue weighted by Gasteiger charge is 2.64. The normalized spacial score (nSPS) is 30.4. The van der Waals surface area contributed by atoms with Gasteiger partial charge in [-0.3, -0.25) is 10.1 Å². The molecule has 0 saturated heterocycles. The number of fused-ring (bicyclic) bond motifs is 1. The van der Waals surface area contributed by atoms with Gasteiger partial charge >= 0.3 is 0 Å². The Labute approximate surface area is 122 Å². The van der Waals surface area contributed by atoms with Crippen molar-refractivity contribution in [2.75, 3.05) is 0 Å². The molecule has 2 aliphatic rings. The van der Waals surface area contributed by atoms with E-state index < -0.39 is 28.9 Å². The van der Waals surface area contributed by atoms with Crippen molar-refractivity contribution in [3.8, 4) is 0 Å². The number of non-ortho nitro benzene ring substituents is 1. The van der Waals surface area contributed by atoms with Crippen molar-refractivity contribution in [3.05, 3.63) is 38.9 Å². The molecule has 0 aromatic heterocycles. The van der Waals surface area contributed by atoms with Crippen molar-refractivity contribution < 1.29 is 18.4 Å². The molecule has 6 nitrogen and oxygen atoms in total. The SMILES string of the molecule is NC1=N[C@@](c2cc([N+](=O)[O-])ccc2Cl)(C(F)F)[C@H]2C[C@H]2O1. The van der Waals surface area contributed by atoms with Gasteiger partial charge in [0.2, 0.25) is 0 Å². The van der Waals surface area contributed by atoms with Crippen molar-refractivity contribution in [2.24, 2.45) is 16.6 Å². The van der Waals surface area contributed by atoms with Crippen molar-refractivity contribution in [3.63, 3.8) is 0 Å². The molecule has 0 spiro atoms. The maximum Gasteiger partial charge on any atom is 0.283 e. The second-order valence-electron chi connectivity index (χ2n) is 5.00. The molecule has 112 valence electrons. The molecule has 1 fully saturated rings. The van der Waals surface area contributed by atoms with Crippen molar-refractivity contribution in [1.29, 1.82) is 0 Å². The van der Waals surface area contributed by atoms with E-state index in [0.717, 1.165) is 12.1 Å². The van der Waals surface area contributed by atoms with Gasteiger partial charge in [-0.15, -0.1) is 0 Å². The molecule has 0 amide bonds. The predicted molar refractivity (Wildman–Crippen MR) is 70.4 cm³/mol. The Morgan fingerprint density at radius 3 is 2.90 bits per heavy atom. The minimum Gasteiger partial charge on any atom is -0.462 e. The number of nitro benzene ring substituents is 1. The number of nitrogens with zero attached hydrogens (tertiary/aromatic N) is 2.